The zero-order valence-electron chi connectivity index (χ0n) is 16.2. The summed E-state index contributed by atoms with van der Waals surface area (Å²) in [5.41, 5.74) is 2.43. The van der Waals surface area contributed by atoms with Gasteiger partial charge in [-0.15, -0.1) is 0 Å². The second-order valence-electron chi connectivity index (χ2n) is 7.55. The molecule has 7 heteroatoms. The number of likely N-dealkylation sites (tertiary alicyclic amines) is 1. The molecule has 2 aromatic carbocycles. The number of amides is 1. The molecule has 0 saturated carbocycles. The molecule has 5 rings (SSSR count). The van der Waals surface area contributed by atoms with Crippen LogP contribution in [0.5, 0.6) is 0 Å². The Kier molecular flexibility index (Phi) is 4.72. The Bertz CT molecular complexity index is 1090. The van der Waals surface area contributed by atoms with Crippen LogP contribution in [0.25, 0.3) is 5.57 Å². The quantitative estimate of drug-likeness (QED) is 0.594. The molecule has 1 fully saturated rings. The summed E-state index contributed by atoms with van der Waals surface area (Å²) in [6, 6.07) is 17.0. The van der Waals surface area contributed by atoms with E-state index >= 15 is 0 Å². The molecule has 30 heavy (non-hydrogen) atoms. The molecule has 0 radical (unpaired) electrons. The van der Waals surface area contributed by atoms with Crippen LogP contribution >= 0.6 is 11.8 Å². The van der Waals surface area contributed by atoms with Crippen molar-refractivity contribution in [3.05, 3.63) is 76.2 Å². The number of hydrogen-bond acceptors (Lipinski definition) is 6. The van der Waals surface area contributed by atoms with Crippen molar-refractivity contribution in [3.8, 4) is 0 Å². The van der Waals surface area contributed by atoms with Crippen molar-refractivity contribution < 1.29 is 19.4 Å². The van der Waals surface area contributed by atoms with E-state index in [1.165, 1.54) is 11.8 Å². The Morgan fingerprint density at radius 2 is 1.77 bits per heavy atom. The molecule has 0 aliphatic carbocycles. The number of hydrogen-bond donors (Lipinski definition) is 1. The summed E-state index contributed by atoms with van der Waals surface area (Å²) in [7, 11) is 0. The van der Waals surface area contributed by atoms with Crippen molar-refractivity contribution in [1.82, 2.24) is 4.90 Å². The average molecular weight is 420 g/mol. The molecule has 0 bridgehead atoms. The molecule has 2 aromatic rings. The average Bonchev–Trinajstić information content (AvgIpc) is 3.29. The van der Waals surface area contributed by atoms with E-state index in [9.17, 15) is 14.7 Å². The summed E-state index contributed by atoms with van der Waals surface area (Å²) >= 11 is 1.31. The minimum Gasteiger partial charge on any atom is -0.450 e. The lowest BCUT2D eigenvalue weighted by molar-refractivity contribution is -0.113. The molecule has 1 amide bonds. The van der Waals surface area contributed by atoms with Gasteiger partial charge in [0, 0.05) is 37.1 Å². The molecule has 1 saturated heterocycles. The van der Waals surface area contributed by atoms with Gasteiger partial charge in [0.1, 0.15) is 5.60 Å². The lowest BCUT2D eigenvalue weighted by Crippen LogP contribution is -2.44. The third kappa shape index (κ3) is 3.05. The number of piperidine rings is 1. The van der Waals surface area contributed by atoms with E-state index in [1.54, 1.807) is 0 Å². The molecular weight excluding hydrogens is 400 g/mol. The normalized spacial score (nSPS) is 21.5. The Morgan fingerprint density at radius 1 is 1.07 bits per heavy atom. The first kappa shape index (κ1) is 19.1. The minimum atomic E-state index is -0.586. The molecule has 0 aromatic heterocycles. The molecule has 3 aliphatic rings. The number of ether oxygens (including phenoxy) is 1. The zero-order valence-corrected chi connectivity index (χ0v) is 17.0. The maximum Gasteiger partial charge on any atom is 0.339 e. The number of thioether (sulfide) groups is 1. The summed E-state index contributed by atoms with van der Waals surface area (Å²) in [5, 5.41) is 10.5. The van der Waals surface area contributed by atoms with Crippen LogP contribution in [0, 0.1) is 0 Å². The fourth-order valence-electron chi connectivity index (χ4n) is 4.33. The number of rotatable bonds is 2. The van der Waals surface area contributed by atoms with Gasteiger partial charge in [-0.3, -0.25) is 4.79 Å². The van der Waals surface area contributed by atoms with Crippen LogP contribution in [0.1, 0.15) is 34.3 Å². The lowest BCUT2D eigenvalue weighted by Gasteiger charge is -2.39. The highest BCUT2D eigenvalue weighted by molar-refractivity contribution is 8.18. The van der Waals surface area contributed by atoms with Crippen LogP contribution in [0.15, 0.2) is 64.5 Å². The number of aliphatic hydroxyl groups excluding tert-OH is 1. The first-order valence-corrected chi connectivity index (χ1v) is 10.7. The highest BCUT2D eigenvalue weighted by Crippen LogP contribution is 2.45. The first-order valence-electron chi connectivity index (χ1n) is 9.89. The predicted octanol–water partition coefficient (Wildman–Crippen LogP) is 3.18. The number of aliphatic hydroxyl groups is 1. The molecule has 0 atom stereocenters. The molecule has 3 heterocycles. The standard InChI is InChI=1S/C23H20N2O4S/c26-14-17(15-6-2-1-3-7-15)19-20(27)24-22(30-19)25-12-10-23(11-13-25)18-9-5-4-8-16(18)21(28)29-23/h1-9,26H,10-14H2/b19-17+. The van der Waals surface area contributed by atoms with Crippen molar-refractivity contribution >= 4 is 34.4 Å². The molecule has 6 nitrogen and oxygen atoms in total. The lowest BCUT2D eigenvalue weighted by atomic mass is 9.84. The number of esters is 1. The number of benzene rings is 2. The molecule has 3 aliphatic heterocycles. The third-order valence-electron chi connectivity index (χ3n) is 5.91. The number of amidine groups is 1. The smallest absolute Gasteiger partial charge is 0.339 e. The highest BCUT2D eigenvalue weighted by Gasteiger charge is 2.48. The molecular formula is C23H20N2O4S. The van der Waals surface area contributed by atoms with Crippen molar-refractivity contribution in [1.29, 1.82) is 0 Å². The largest absolute Gasteiger partial charge is 0.450 e. The summed E-state index contributed by atoms with van der Waals surface area (Å²) in [6.07, 6.45) is 1.29. The van der Waals surface area contributed by atoms with Crippen LogP contribution in [0.2, 0.25) is 0 Å². The molecule has 152 valence electrons. The Morgan fingerprint density at radius 3 is 2.50 bits per heavy atom. The number of carbonyl (C=O) groups is 2. The van der Waals surface area contributed by atoms with Gasteiger partial charge in [-0.05, 0) is 23.4 Å². The topological polar surface area (TPSA) is 79.2 Å². The second kappa shape index (κ2) is 7.41. The van der Waals surface area contributed by atoms with Crippen molar-refractivity contribution in [2.45, 2.75) is 18.4 Å². The van der Waals surface area contributed by atoms with Gasteiger partial charge in [-0.1, -0.05) is 48.5 Å². The van der Waals surface area contributed by atoms with E-state index in [1.807, 2.05) is 54.6 Å². The van der Waals surface area contributed by atoms with Crippen LogP contribution in [-0.4, -0.2) is 46.7 Å². The van der Waals surface area contributed by atoms with E-state index in [0.29, 0.717) is 47.1 Å². The van der Waals surface area contributed by atoms with Gasteiger partial charge in [0.05, 0.1) is 17.1 Å². The first-order chi connectivity index (χ1) is 14.6. The van der Waals surface area contributed by atoms with Crippen LogP contribution < -0.4 is 0 Å². The van der Waals surface area contributed by atoms with E-state index in [4.69, 9.17) is 4.74 Å². The van der Waals surface area contributed by atoms with Gasteiger partial charge in [-0.2, -0.15) is 4.99 Å². The van der Waals surface area contributed by atoms with Crippen molar-refractivity contribution in [3.63, 3.8) is 0 Å². The summed E-state index contributed by atoms with van der Waals surface area (Å²) in [4.78, 5) is 31.6. The van der Waals surface area contributed by atoms with Gasteiger partial charge < -0.3 is 14.7 Å². The summed E-state index contributed by atoms with van der Waals surface area (Å²) < 4.78 is 5.81. The van der Waals surface area contributed by atoms with Crippen LogP contribution in [-0.2, 0) is 15.1 Å². The number of carbonyl (C=O) groups excluding carboxylic acids is 2. The second-order valence-corrected chi connectivity index (χ2v) is 8.53. The van der Waals surface area contributed by atoms with Crippen molar-refractivity contribution in [2.24, 2.45) is 4.99 Å². The van der Waals surface area contributed by atoms with Crippen molar-refractivity contribution in [2.75, 3.05) is 19.7 Å². The highest BCUT2D eigenvalue weighted by atomic mass is 32.2. The van der Waals surface area contributed by atoms with Crippen LogP contribution in [0.3, 0.4) is 0 Å². The maximum absolute atomic E-state index is 12.6. The maximum atomic E-state index is 12.6. The van der Waals surface area contributed by atoms with Gasteiger partial charge >= 0.3 is 5.97 Å². The van der Waals surface area contributed by atoms with E-state index in [2.05, 4.69) is 9.89 Å². The monoisotopic (exact) mass is 420 g/mol. The number of fused-ring (bicyclic) bond motifs is 2. The fraction of sp³-hybridized carbons (Fsp3) is 0.261. The zero-order chi connectivity index (χ0) is 20.7. The van der Waals surface area contributed by atoms with Gasteiger partial charge in [-0.25, -0.2) is 4.79 Å². The molecule has 1 spiro atoms. The number of aliphatic imine (C=N–C) groups is 1. The third-order valence-corrected chi connectivity index (χ3v) is 7.06. The van der Waals surface area contributed by atoms with Crippen LogP contribution in [0.4, 0.5) is 0 Å². The van der Waals surface area contributed by atoms with Gasteiger partial charge in [0.25, 0.3) is 5.91 Å². The Balaban J connectivity index is 1.35. The Labute approximate surface area is 178 Å². The Hall–Kier alpha value is -2.90. The SMILES string of the molecule is O=C1N=C(N2CCC3(CC2)OC(=O)c2ccccc23)S/C1=C(\CO)c1ccccc1. The van der Waals surface area contributed by atoms with E-state index in [0.717, 1.165) is 11.1 Å². The number of nitrogens with zero attached hydrogens (tertiary/aromatic N) is 2. The van der Waals surface area contributed by atoms with Gasteiger partial charge in [0.2, 0.25) is 0 Å². The van der Waals surface area contributed by atoms with Gasteiger partial charge in [0.15, 0.2) is 5.17 Å². The van der Waals surface area contributed by atoms with E-state index < -0.39 is 5.60 Å². The van der Waals surface area contributed by atoms with E-state index in [-0.39, 0.29) is 18.5 Å². The summed E-state index contributed by atoms with van der Waals surface area (Å²) in [5.74, 6) is -0.580. The summed E-state index contributed by atoms with van der Waals surface area (Å²) in [6.45, 7) is 1.04. The minimum absolute atomic E-state index is 0.225. The molecule has 0 unspecified atom stereocenters. The predicted molar refractivity (Wildman–Crippen MR) is 115 cm³/mol. The fourth-order valence-corrected chi connectivity index (χ4v) is 5.39. The molecule has 1 N–H and O–H groups in total.